The Morgan fingerprint density at radius 3 is 2.67 bits per heavy atom. The summed E-state index contributed by atoms with van der Waals surface area (Å²) in [6.07, 6.45) is 2.45. The summed E-state index contributed by atoms with van der Waals surface area (Å²) < 4.78 is 10.2. The van der Waals surface area contributed by atoms with Gasteiger partial charge in [-0.1, -0.05) is 19.1 Å². The van der Waals surface area contributed by atoms with Gasteiger partial charge in [0.25, 0.3) is 0 Å². The maximum Gasteiger partial charge on any atom is 0.492 e. The highest BCUT2D eigenvalue weighted by atomic mass is 16.7. The molecule has 2 aromatic rings. The van der Waals surface area contributed by atoms with Crippen LogP contribution in [0.25, 0.3) is 11.1 Å². The summed E-state index contributed by atoms with van der Waals surface area (Å²) in [7, 11) is -0.105. The molecule has 0 amide bonds. The van der Waals surface area contributed by atoms with Gasteiger partial charge in [0.1, 0.15) is 5.75 Å². The predicted molar refractivity (Wildman–Crippen MR) is 79.2 cm³/mol. The molecule has 0 saturated carbocycles. The Morgan fingerprint density at radius 1 is 1.19 bits per heavy atom. The van der Waals surface area contributed by atoms with Gasteiger partial charge in [0.05, 0.1) is 11.9 Å². The Kier molecular flexibility index (Phi) is 5.27. The minimum Gasteiger partial charge on any atom is -0.468 e. The number of hydrogen-bond acceptors (Lipinski definition) is 6. The molecular weight excluding hydrogens is 271 g/mol. The van der Waals surface area contributed by atoms with Crippen molar-refractivity contribution in [3.05, 3.63) is 36.2 Å². The number of methoxy groups -OCH3 is 1. The Bertz CT molecular complexity index is 607. The minimum absolute atomic E-state index is 0.0258. The fourth-order valence-electron chi connectivity index (χ4n) is 1.92. The zero-order valence-corrected chi connectivity index (χ0v) is 12.0. The Morgan fingerprint density at radius 2 is 2.00 bits per heavy atom. The third kappa shape index (κ3) is 3.78. The van der Waals surface area contributed by atoms with Crippen molar-refractivity contribution in [1.29, 1.82) is 0 Å². The van der Waals surface area contributed by atoms with Crippen molar-refractivity contribution in [2.45, 2.75) is 13.3 Å². The molecule has 110 valence electrons. The van der Waals surface area contributed by atoms with E-state index in [1.165, 1.54) is 7.11 Å². The molecule has 0 atom stereocenters. The SMILES string of the molecule is CCc1cc(-c2ccc(B(O)O)c(OCOC)c2)cnn1. The third-order valence-electron chi connectivity index (χ3n) is 3.02. The Labute approximate surface area is 123 Å². The predicted octanol–water partition coefficient (Wildman–Crippen LogP) is 0.368. The quantitative estimate of drug-likeness (QED) is 0.590. The van der Waals surface area contributed by atoms with Crippen molar-refractivity contribution in [3.8, 4) is 16.9 Å². The van der Waals surface area contributed by atoms with Gasteiger partial charge in [-0.25, -0.2) is 0 Å². The van der Waals surface area contributed by atoms with E-state index in [1.807, 2.05) is 13.0 Å². The Hall–Kier alpha value is -1.96. The molecule has 0 unspecified atom stereocenters. The molecule has 0 aliphatic rings. The molecule has 2 N–H and O–H groups in total. The number of aromatic nitrogens is 2. The van der Waals surface area contributed by atoms with Crippen LogP contribution in [0.5, 0.6) is 5.75 Å². The lowest BCUT2D eigenvalue weighted by Gasteiger charge is -2.12. The smallest absolute Gasteiger partial charge is 0.468 e. The molecule has 0 spiro atoms. The van der Waals surface area contributed by atoms with Crippen molar-refractivity contribution >= 4 is 12.6 Å². The third-order valence-corrected chi connectivity index (χ3v) is 3.02. The van der Waals surface area contributed by atoms with E-state index >= 15 is 0 Å². The van der Waals surface area contributed by atoms with Gasteiger partial charge in [0.2, 0.25) is 0 Å². The van der Waals surface area contributed by atoms with Crippen LogP contribution in [-0.2, 0) is 11.2 Å². The van der Waals surface area contributed by atoms with Crippen LogP contribution in [0.3, 0.4) is 0 Å². The van der Waals surface area contributed by atoms with E-state index in [0.29, 0.717) is 5.75 Å². The first-order valence-corrected chi connectivity index (χ1v) is 6.59. The second-order valence-corrected chi connectivity index (χ2v) is 4.47. The number of benzene rings is 1. The average Bonchev–Trinajstić information content (AvgIpc) is 2.52. The molecular formula is C14H17BN2O4. The Balaban J connectivity index is 2.40. The average molecular weight is 288 g/mol. The highest BCUT2D eigenvalue weighted by Gasteiger charge is 2.18. The van der Waals surface area contributed by atoms with E-state index < -0.39 is 7.12 Å². The molecule has 0 fully saturated rings. The fraction of sp³-hybridized carbons (Fsp3) is 0.286. The normalized spacial score (nSPS) is 10.5. The first-order valence-electron chi connectivity index (χ1n) is 6.59. The van der Waals surface area contributed by atoms with Crippen LogP contribution in [-0.4, -0.2) is 41.3 Å². The van der Waals surface area contributed by atoms with Gasteiger partial charge >= 0.3 is 7.12 Å². The summed E-state index contributed by atoms with van der Waals surface area (Å²) in [6.45, 7) is 2.03. The molecule has 21 heavy (non-hydrogen) atoms. The van der Waals surface area contributed by atoms with Gasteiger partial charge < -0.3 is 19.5 Å². The lowest BCUT2D eigenvalue weighted by molar-refractivity contribution is 0.0517. The van der Waals surface area contributed by atoms with Crippen molar-refractivity contribution in [2.24, 2.45) is 0 Å². The van der Waals surface area contributed by atoms with Crippen LogP contribution >= 0.6 is 0 Å². The van der Waals surface area contributed by atoms with Gasteiger partial charge in [-0.3, -0.25) is 0 Å². The zero-order chi connectivity index (χ0) is 15.2. The van der Waals surface area contributed by atoms with E-state index in [9.17, 15) is 10.0 Å². The summed E-state index contributed by atoms with van der Waals surface area (Å²) in [6, 6.07) is 7.06. The monoisotopic (exact) mass is 288 g/mol. The van der Waals surface area contributed by atoms with Gasteiger partial charge in [0.15, 0.2) is 6.79 Å². The van der Waals surface area contributed by atoms with Crippen molar-refractivity contribution < 1.29 is 19.5 Å². The van der Waals surface area contributed by atoms with E-state index in [-0.39, 0.29) is 12.3 Å². The van der Waals surface area contributed by atoms with E-state index in [1.54, 1.807) is 24.4 Å². The summed E-state index contributed by atoms with van der Waals surface area (Å²) in [5, 5.41) is 26.7. The van der Waals surface area contributed by atoms with E-state index in [0.717, 1.165) is 23.2 Å². The fourth-order valence-corrected chi connectivity index (χ4v) is 1.92. The van der Waals surface area contributed by atoms with Gasteiger partial charge in [-0.05, 0) is 24.1 Å². The van der Waals surface area contributed by atoms with Crippen LogP contribution in [0.2, 0.25) is 0 Å². The lowest BCUT2D eigenvalue weighted by Crippen LogP contribution is -2.31. The summed E-state index contributed by atoms with van der Waals surface area (Å²) >= 11 is 0. The topological polar surface area (TPSA) is 84.7 Å². The summed E-state index contributed by atoms with van der Waals surface area (Å²) in [4.78, 5) is 0. The molecule has 1 heterocycles. The standard InChI is InChI=1S/C14H17BN2O4/c1-3-12-6-11(8-16-17-12)10-4-5-13(15(18)19)14(7-10)21-9-20-2/h4-8,18-19H,3,9H2,1-2H3. The van der Waals surface area contributed by atoms with Gasteiger partial charge in [-0.15, -0.1) is 0 Å². The molecule has 0 aliphatic heterocycles. The second kappa shape index (κ2) is 7.17. The van der Waals surface area contributed by atoms with Gasteiger partial charge in [-0.2, -0.15) is 10.2 Å². The van der Waals surface area contributed by atoms with Crippen LogP contribution in [0, 0.1) is 0 Å². The first-order chi connectivity index (χ1) is 10.2. The van der Waals surface area contributed by atoms with Gasteiger partial charge in [0, 0.05) is 18.1 Å². The number of aryl methyl sites for hydroxylation is 1. The number of nitrogens with zero attached hydrogens (tertiary/aromatic N) is 2. The van der Waals surface area contributed by atoms with Crippen LogP contribution < -0.4 is 10.2 Å². The molecule has 1 aromatic heterocycles. The number of ether oxygens (including phenoxy) is 2. The molecule has 6 nitrogen and oxygen atoms in total. The molecule has 0 radical (unpaired) electrons. The van der Waals surface area contributed by atoms with Crippen molar-refractivity contribution in [3.63, 3.8) is 0 Å². The largest absolute Gasteiger partial charge is 0.492 e. The molecule has 2 rings (SSSR count). The summed E-state index contributed by atoms with van der Waals surface area (Å²) in [5.74, 6) is 0.360. The minimum atomic E-state index is -1.60. The molecule has 1 aromatic carbocycles. The highest BCUT2D eigenvalue weighted by Crippen LogP contribution is 2.23. The molecule has 0 saturated heterocycles. The maximum atomic E-state index is 9.36. The van der Waals surface area contributed by atoms with Crippen molar-refractivity contribution in [2.75, 3.05) is 13.9 Å². The summed E-state index contributed by atoms with van der Waals surface area (Å²) in [5.41, 5.74) is 2.92. The van der Waals surface area contributed by atoms with E-state index in [2.05, 4.69) is 10.2 Å². The van der Waals surface area contributed by atoms with Crippen LogP contribution in [0.1, 0.15) is 12.6 Å². The first kappa shape index (κ1) is 15.4. The van der Waals surface area contributed by atoms with E-state index in [4.69, 9.17) is 9.47 Å². The molecule has 0 aliphatic carbocycles. The lowest BCUT2D eigenvalue weighted by atomic mass is 9.79. The molecule has 0 bridgehead atoms. The second-order valence-electron chi connectivity index (χ2n) is 4.47. The number of rotatable bonds is 6. The van der Waals surface area contributed by atoms with Crippen LogP contribution in [0.4, 0.5) is 0 Å². The van der Waals surface area contributed by atoms with Crippen LogP contribution in [0.15, 0.2) is 30.5 Å². The maximum absolute atomic E-state index is 9.36. The highest BCUT2D eigenvalue weighted by molar-refractivity contribution is 6.59. The van der Waals surface area contributed by atoms with Crippen molar-refractivity contribution in [1.82, 2.24) is 10.2 Å². The number of hydrogen-bond donors (Lipinski definition) is 2. The zero-order valence-electron chi connectivity index (χ0n) is 12.0. The molecule has 7 heteroatoms.